The van der Waals surface area contributed by atoms with Gasteiger partial charge in [0.15, 0.2) is 5.58 Å². The molecule has 0 radical (unpaired) electrons. The zero-order valence-electron chi connectivity index (χ0n) is 6.68. The van der Waals surface area contributed by atoms with Crippen molar-refractivity contribution in [1.82, 2.24) is 5.16 Å². The van der Waals surface area contributed by atoms with Crippen molar-refractivity contribution in [2.75, 3.05) is 0 Å². The first-order valence-corrected chi connectivity index (χ1v) is 3.48. The van der Waals surface area contributed by atoms with Gasteiger partial charge in [0.1, 0.15) is 0 Å². The molecule has 2 aromatic rings. The summed E-state index contributed by atoms with van der Waals surface area (Å²) in [4.78, 5) is 8.78. The number of benzene rings is 1. The highest BCUT2D eigenvalue weighted by molar-refractivity contribution is 5.75. The molecule has 0 saturated heterocycles. The van der Waals surface area contributed by atoms with Crippen molar-refractivity contribution in [3.05, 3.63) is 30.5 Å². The van der Waals surface area contributed by atoms with E-state index in [1.54, 1.807) is 6.20 Å². The van der Waals surface area contributed by atoms with E-state index in [1.807, 2.05) is 24.3 Å². The van der Waals surface area contributed by atoms with Crippen LogP contribution in [0.5, 0.6) is 0 Å². The summed E-state index contributed by atoms with van der Waals surface area (Å²) < 4.78 is 4.87. The Morgan fingerprint density at radius 3 is 2.69 bits per heavy atom. The van der Waals surface area contributed by atoms with Crippen LogP contribution in [0, 0.1) is 0 Å². The molecule has 0 saturated carbocycles. The Labute approximate surface area is 73.7 Å². The molecular weight excluding hydrogens is 172 g/mol. The van der Waals surface area contributed by atoms with Gasteiger partial charge in [0.2, 0.25) is 0 Å². The van der Waals surface area contributed by atoms with Crippen molar-refractivity contribution in [3.8, 4) is 0 Å². The molecule has 1 aromatic carbocycles. The second kappa shape index (κ2) is 4.10. The molecule has 2 rings (SSSR count). The second-order valence-corrected chi connectivity index (χ2v) is 2.20. The third-order valence-corrected chi connectivity index (χ3v) is 1.26. The predicted molar refractivity (Wildman–Crippen MR) is 46.2 cm³/mol. The van der Waals surface area contributed by atoms with Crippen LogP contribution in [0.2, 0.25) is 0 Å². The molecule has 3 N–H and O–H groups in total. The van der Waals surface area contributed by atoms with Crippen LogP contribution in [0.15, 0.2) is 35.0 Å². The number of primary amides is 1. The van der Waals surface area contributed by atoms with Crippen molar-refractivity contribution >= 4 is 17.1 Å². The Hall–Kier alpha value is -2.04. The van der Waals surface area contributed by atoms with Crippen molar-refractivity contribution < 1.29 is 14.4 Å². The summed E-state index contributed by atoms with van der Waals surface area (Å²) in [6.45, 7) is 0. The van der Waals surface area contributed by atoms with Gasteiger partial charge in [-0.2, -0.15) is 0 Å². The Morgan fingerprint density at radius 1 is 1.46 bits per heavy atom. The van der Waals surface area contributed by atoms with E-state index in [1.165, 1.54) is 0 Å². The van der Waals surface area contributed by atoms with Gasteiger partial charge in [-0.05, 0) is 12.1 Å². The first-order valence-electron chi connectivity index (χ1n) is 3.48. The van der Waals surface area contributed by atoms with Gasteiger partial charge >= 0.3 is 6.09 Å². The Morgan fingerprint density at radius 2 is 2.08 bits per heavy atom. The van der Waals surface area contributed by atoms with Crippen LogP contribution in [0.1, 0.15) is 0 Å². The Kier molecular flexibility index (Phi) is 2.86. The van der Waals surface area contributed by atoms with Crippen LogP contribution in [0.4, 0.5) is 4.79 Å². The molecule has 1 heterocycles. The summed E-state index contributed by atoms with van der Waals surface area (Å²) in [7, 11) is 0. The van der Waals surface area contributed by atoms with E-state index < -0.39 is 6.09 Å². The normalized spacial score (nSPS) is 8.92. The molecule has 13 heavy (non-hydrogen) atoms. The average Bonchev–Trinajstić information content (AvgIpc) is 2.49. The zero-order chi connectivity index (χ0) is 9.68. The van der Waals surface area contributed by atoms with Crippen molar-refractivity contribution in [3.63, 3.8) is 0 Å². The number of rotatable bonds is 0. The smallest absolute Gasteiger partial charge is 0.402 e. The number of hydrogen-bond acceptors (Lipinski definition) is 3. The summed E-state index contributed by atoms with van der Waals surface area (Å²) in [5.41, 5.74) is 4.87. The SMILES string of the molecule is NC(=O)O.c1ccc2oncc2c1. The monoisotopic (exact) mass is 180 g/mol. The third-order valence-electron chi connectivity index (χ3n) is 1.26. The van der Waals surface area contributed by atoms with Crippen LogP contribution < -0.4 is 5.73 Å². The van der Waals surface area contributed by atoms with Crippen molar-refractivity contribution in [1.29, 1.82) is 0 Å². The van der Waals surface area contributed by atoms with Crippen molar-refractivity contribution in [2.45, 2.75) is 0 Å². The summed E-state index contributed by atoms with van der Waals surface area (Å²) in [5, 5.41) is 11.9. The van der Waals surface area contributed by atoms with Gasteiger partial charge in [-0.15, -0.1) is 0 Å². The van der Waals surface area contributed by atoms with E-state index in [4.69, 9.17) is 14.4 Å². The maximum absolute atomic E-state index is 8.78. The number of carboxylic acid groups (broad SMARTS) is 1. The quantitative estimate of drug-likeness (QED) is 0.642. The minimum Gasteiger partial charge on any atom is -0.465 e. The number of amides is 1. The van der Waals surface area contributed by atoms with Crippen LogP contribution >= 0.6 is 0 Å². The molecule has 5 nitrogen and oxygen atoms in total. The lowest BCUT2D eigenvalue weighted by molar-refractivity contribution is 0.205. The van der Waals surface area contributed by atoms with Gasteiger partial charge in [-0.25, -0.2) is 4.79 Å². The molecule has 0 aliphatic carbocycles. The first kappa shape index (κ1) is 9.05. The van der Waals surface area contributed by atoms with Crippen molar-refractivity contribution in [2.24, 2.45) is 5.73 Å². The fourth-order valence-electron chi connectivity index (χ4n) is 0.810. The lowest BCUT2D eigenvalue weighted by atomic mass is 10.3. The molecule has 0 atom stereocenters. The average molecular weight is 180 g/mol. The van der Waals surface area contributed by atoms with E-state index in [-0.39, 0.29) is 0 Å². The highest BCUT2D eigenvalue weighted by Crippen LogP contribution is 2.10. The zero-order valence-corrected chi connectivity index (χ0v) is 6.68. The largest absolute Gasteiger partial charge is 0.465 e. The van der Waals surface area contributed by atoms with E-state index in [0.29, 0.717) is 0 Å². The number of nitrogens with zero attached hydrogens (tertiary/aromatic N) is 1. The van der Waals surface area contributed by atoms with Gasteiger partial charge in [-0.3, -0.25) is 0 Å². The number of nitrogens with two attached hydrogens (primary N) is 1. The number of hydrogen-bond donors (Lipinski definition) is 2. The highest BCUT2D eigenvalue weighted by atomic mass is 16.5. The van der Waals surface area contributed by atoms with Gasteiger partial charge in [0.05, 0.1) is 6.20 Å². The molecule has 0 bridgehead atoms. The topological polar surface area (TPSA) is 89.4 Å². The Bertz CT molecular complexity index is 363. The summed E-state index contributed by atoms with van der Waals surface area (Å²) >= 11 is 0. The molecule has 0 aliphatic rings. The van der Waals surface area contributed by atoms with Crippen LogP contribution in [0.3, 0.4) is 0 Å². The van der Waals surface area contributed by atoms with E-state index >= 15 is 0 Å². The lowest BCUT2D eigenvalue weighted by Gasteiger charge is -1.78. The van der Waals surface area contributed by atoms with Gasteiger partial charge in [0.25, 0.3) is 0 Å². The van der Waals surface area contributed by atoms with Crippen LogP contribution in [0.25, 0.3) is 11.0 Å². The predicted octanol–water partition coefficient (Wildman–Crippen LogP) is 1.45. The summed E-state index contributed by atoms with van der Waals surface area (Å²) in [6, 6.07) is 7.74. The summed E-state index contributed by atoms with van der Waals surface area (Å²) in [6.07, 6.45) is 0.370. The number of para-hydroxylation sites is 1. The molecule has 0 aliphatic heterocycles. The second-order valence-electron chi connectivity index (χ2n) is 2.20. The first-order chi connectivity index (χ1) is 6.20. The minimum atomic E-state index is -1.33. The minimum absolute atomic E-state index is 0.845. The number of carbonyl (C=O) groups is 1. The van der Waals surface area contributed by atoms with Crippen LogP contribution in [-0.2, 0) is 0 Å². The Balaban J connectivity index is 0.000000184. The molecule has 0 spiro atoms. The molecule has 1 amide bonds. The number of fused-ring (bicyclic) bond motifs is 1. The molecular formula is C8H8N2O3. The maximum Gasteiger partial charge on any atom is 0.402 e. The van der Waals surface area contributed by atoms with Gasteiger partial charge in [0, 0.05) is 5.39 Å². The highest BCUT2D eigenvalue weighted by Gasteiger charge is 1.91. The van der Waals surface area contributed by atoms with Crippen LogP contribution in [-0.4, -0.2) is 16.4 Å². The fourth-order valence-corrected chi connectivity index (χ4v) is 0.810. The van der Waals surface area contributed by atoms with E-state index in [9.17, 15) is 0 Å². The fraction of sp³-hybridized carbons (Fsp3) is 0. The third kappa shape index (κ3) is 2.82. The van der Waals surface area contributed by atoms with Gasteiger partial charge in [-0.1, -0.05) is 17.3 Å². The lowest BCUT2D eigenvalue weighted by Crippen LogP contribution is -2.03. The molecule has 0 fully saturated rings. The number of aromatic nitrogens is 1. The standard InChI is InChI=1S/C7H5NO.CH3NO2/c1-2-4-7-6(3-1)5-8-9-7;2-1(3)4/h1-5H;2H2,(H,3,4). The van der Waals surface area contributed by atoms with E-state index in [0.717, 1.165) is 11.0 Å². The maximum atomic E-state index is 8.78. The molecule has 68 valence electrons. The summed E-state index contributed by atoms with van der Waals surface area (Å²) in [5.74, 6) is 0. The molecule has 0 unspecified atom stereocenters. The van der Waals surface area contributed by atoms with Gasteiger partial charge < -0.3 is 15.4 Å². The van der Waals surface area contributed by atoms with E-state index in [2.05, 4.69) is 10.9 Å². The molecule has 5 heteroatoms. The molecule has 1 aromatic heterocycles.